The molecule has 1 aliphatic rings. The second-order valence-corrected chi connectivity index (χ2v) is 8.35. The van der Waals surface area contributed by atoms with Gasteiger partial charge in [0.1, 0.15) is 0 Å². The Morgan fingerprint density at radius 3 is 2.62 bits per heavy atom. The minimum absolute atomic E-state index is 0. The van der Waals surface area contributed by atoms with Crippen molar-refractivity contribution in [1.82, 2.24) is 14.3 Å². The van der Waals surface area contributed by atoms with Crippen molar-refractivity contribution in [3.63, 3.8) is 0 Å². The van der Waals surface area contributed by atoms with Gasteiger partial charge >= 0.3 is 0 Å². The van der Waals surface area contributed by atoms with Crippen LogP contribution in [0.15, 0.2) is 53.8 Å². The molecule has 0 radical (unpaired) electrons. The Morgan fingerprint density at radius 1 is 1.15 bits per heavy atom. The largest absolute Gasteiger partial charge is 0.317 e. The summed E-state index contributed by atoms with van der Waals surface area (Å²) < 4.78 is 28.0. The number of hydrogen-bond donors (Lipinski definition) is 1. The van der Waals surface area contributed by atoms with Gasteiger partial charge in [0.2, 0.25) is 0 Å². The molecule has 0 spiro atoms. The molecular weight excluding hydrogens is 370 g/mol. The number of hydrogen-bond acceptors (Lipinski definition) is 4. The Kier molecular flexibility index (Phi) is 5.37. The van der Waals surface area contributed by atoms with E-state index in [1.807, 2.05) is 25.3 Å². The van der Waals surface area contributed by atoms with Gasteiger partial charge in [-0.1, -0.05) is 18.2 Å². The van der Waals surface area contributed by atoms with Gasteiger partial charge in [0.05, 0.1) is 10.4 Å². The first-order chi connectivity index (χ1) is 12.1. The Balaban J connectivity index is 0.00000196. The number of aromatic nitrogens is 2. The zero-order chi connectivity index (χ0) is 17.4. The van der Waals surface area contributed by atoms with E-state index in [0.29, 0.717) is 16.3 Å². The van der Waals surface area contributed by atoms with Gasteiger partial charge in [-0.2, -0.15) is 0 Å². The Labute approximate surface area is 159 Å². The second-order valence-electron chi connectivity index (χ2n) is 6.57. The number of benzene rings is 1. The third kappa shape index (κ3) is 3.13. The maximum atomic E-state index is 13.3. The molecule has 1 aromatic carbocycles. The summed E-state index contributed by atoms with van der Waals surface area (Å²) in [6, 6.07) is 8.90. The summed E-state index contributed by atoms with van der Waals surface area (Å²) in [7, 11) is -3.64. The zero-order valence-electron chi connectivity index (χ0n) is 14.6. The van der Waals surface area contributed by atoms with E-state index in [1.54, 1.807) is 30.6 Å². The molecule has 7 heteroatoms. The summed E-state index contributed by atoms with van der Waals surface area (Å²) in [5.41, 5.74) is 2.54. The lowest BCUT2D eigenvalue weighted by Crippen LogP contribution is -2.26. The van der Waals surface area contributed by atoms with E-state index < -0.39 is 10.0 Å². The van der Waals surface area contributed by atoms with E-state index >= 15 is 0 Å². The SMILES string of the molecule is Cc1ccccc1S(=O)(=O)n1cc(C2CCNCC2)c2cnccc21.Cl. The average Bonchev–Trinajstić information content (AvgIpc) is 3.03. The number of nitrogens with one attached hydrogen (secondary N) is 1. The number of aryl methyl sites for hydroxylation is 1. The molecule has 0 unspecified atom stereocenters. The van der Waals surface area contributed by atoms with Gasteiger partial charge in [-0.3, -0.25) is 4.98 Å². The fraction of sp³-hybridized carbons (Fsp3) is 0.316. The molecule has 0 saturated carbocycles. The molecule has 1 fully saturated rings. The van der Waals surface area contributed by atoms with Crippen molar-refractivity contribution >= 4 is 33.3 Å². The smallest absolute Gasteiger partial charge is 0.268 e. The molecule has 2 aromatic heterocycles. The summed E-state index contributed by atoms with van der Waals surface area (Å²) in [6.07, 6.45) is 7.27. The summed E-state index contributed by atoms with van der Waals surface area (Å²) in [5, 5.41) is 4.30. The molecule has 26 heavy (non-hydrogen) atoms. The maximum Gasteiger partial charge on any atom is 0.268 e. The van der Waals surface area contributed by atoms with Crippen molar-refractivity contribution in [3.05, 3.63) is 60.0 Å². The highest BCUT2D eigenvalue weighted by molar-refractivity contribution is 7.90. The van der Waals surface area contributed by atoms with Crippen molar-refractivity contribution in [2.75, 3.05) is 13.1 Å². The minimum atomic E-state index is -3.64. The summed E-state index contributed by atoms with van der Waals surface area (Å²) in [4.78, 5) is 4.58. The van der Waals surface area contributed by atoms with E-state index in [9.17, 15) is 8.42 Å². The third-order valence-electron chi connectivity index (χ3n) is 5.01. The first kappa shape index (κ1) is 18.9. The predicted molar refractivity (Wildman–Crippen MR) is 106 cm³/mol. The first-order valence-electron chi connectivity index (χ1n) is 8.56. The van der Waals surface area contributed by atoms with E-state index in [-0.39, 0.29) is 12.4 Å². The highest BCUT2D eigenvalue weighted by atomic mass is 35.5. The van der Waals surface area contributed by atoms with Gasteiger partial charge in [0.15, 0.2) is 0 Å². The fourth-order valence-corrected chi connectivity index (χ4v) is 5.28. The van der Waals surface area contributed by atoms with Gasteiger partial charge in [-0.05, 0) is 62.0 Å². The van der Waals surface area contributed by atoms with Crippen LogP contribution in [-0.4, -0.2) is 30.5 Å². The van der Waals surface area contributed by atoms with Gasteiger partial charge in [-0.15, -0.1) is 12.4 Å². The molecule has 5 nitrogen and oxygen atoms in total. The molecule has 3 aromatic rings. The second kappa shape index (κ2) is 7.39. The number of rotatable bonds is 3. The van der Waals surface area contributed by atoms with Gasteiger partial charge in [0, 0.05) is 24.0 Å². The molecule has 4 rings (SSSR count). The lowest BCUT2D eigenvalue weighted by Gasteiger charge is -2.22. The van der Waals surface area contributed by atoms with Crippen molar-refractivity contribution in [2.45, 2.75) is 30.6 Å². The number of fused-ring (bicyclic) bond motifs is 1. The maximum absolute atomic E-state index is 13.3. The summed E-state index contributed by atoms with van der Waals surface area (Å²) in [5.74, 6) is 0.362. The van der Waals surface area contributed by atoms with Crippen LogP contribution < -0.4 is 5.32 Å². The first-order valence-corrected chi connectivity index (χ1v) is 10.00. The van der Waals surface area contributed by atoms with Crippen molar-refractivity contribution in [2.24, 2.45) is 0 Å². The molecule has 0 bridgehead atoms. The molecule has 0 atom stereocenters. The van der Waals surface area contributed by atoms with Crippen LogP contribution >= 0.6 is 12.4 Å². The number of halogens is 1. The lowest BCUT2D eigenvalue weighted by molar-refractivity contribution is 0.462. The van der Waals surface area contributed by atoms with Crippen LogP contribution in [0.5, 0.6) is 0 Å². The molecule has 138 valence electrons. The quantitative estimate of drug-likeness (QED) is 0.742. The van der Waals surface area contributed by atoms with Crippen LogP contribution in [0.3, 0.4) is 0 Å². The Morgan fingerprint density at radius 2 is 1.88 bits per heavy atom. The van der Waals surface area contributed by atoms with Crippen LogP contribution in [0.1, 0.15) is 29.9 Å². The molecular formula is C19H22ClN3O2S. The lowest BCUT2D eigenvalue weighted by atomic mass is 9.90. The number of pyridine rings is 1. The van der Waals surface area contributed by atoms with E-state index in [1.165, 1.54) is 3.97 Å². The number of nitrogens with zero attached hydrogens (tertiary/aromatic N) is 2. The van der Waals surface area contributed by atoms with E-state index in [2.05, 4.69) is 10.3 Å². The molecule has 1 saturated heterocycles. The van der Waals surface area contributed by atoms with Crippen LogP contribution in [-0.2, 0) is 10.0 Å². The Hall–Kier alpha value is -1.89. The van der Waals surface area contributed by atoms with Gasteiger partial charge < -0.3 is 5.32 Å². The van der Waals surface area contributed by atoms with Crippen molar-refractivity contribution < 1.29 is 8.42 Å². The highest BCUT2D eigenvalue weighted by Gasteiger charge is 2.26. The summed E-state index contributed by atoms with van der Waals surface area (Å²) in [6.45, 7) is 3.75. The van der Waals surface area contributed by atoms with E-state index in [0.717, 1.165) is 42.4 Å². The molecule has 3 heterocycles. The van der Waals surface area contributed by atoms with Crippen molar-refractivity contribution in [1.29, 1.82) is 0 Å². The van der Waals surface area contributed by atoms with Crippen LogP contribution in [0.25, 0.3) is 10.9 Å². The van der Waals surface area contributed by atoms with Crippen LogP contribution in [0, 0.1) is 6.92 Å². The van der Waals surface area contributed by atoms with Gasteiger partial charge in [0.25, 0.3) is 10.0 Å². The topological polar surface area (TPSA) is 64.0 Å². The number of piperidine rings is 1. The fourth-order valence-electron chi connectivity index (χ4n) is 3.68. The molecule has 1 aliphatic heterocycles. The average molecular weight is 392 g/mol. The van der Waals surface area contributed by atoms with Crippen LogP contribution in [0.4, 0.5) is 0 Å². The van der Waals surface area contributed by atoms with E-state index in [4.69, 9.17) is 0 Å². The normalized spacial score (nSPS) is 15.7. The monoisotopic (exact) mass is 391 g/mol. The zero-order valence-corrected chi connectivity index (χ0v) is 16.2. The predicted octanol–water partition coefficient (Wildman–Crippen LogP) is 3.47. The van der Waals surface area contributed by atoms with Crippen molar-refractivity contribution in [3.8, 4) is 0 Å². The Bertz CT molecular complexity index is 1020. The standard InChI is InChI=1S/C19H21N3O2S.ClH/c1-14-4-2-3-5-19(14)25(23,24)22-13-17(15-6-9-20-10-7-15)16-12-21-11-8-18(16)22;/h2-5,8,11-13,15,20H,6-7,9-10H2,1H3;1H. The highest BCUT2D eigenvalue weighted by Crippen LogP contribution is 2.34. The van der Waals surface area contributed by atoms with Crippen LogP contribution in [0.2, 0.25) is 0 Å². The molecule has 0 aliphatic carbocycles. The molecule has 0 amide bonds. The third-order valence-corrected chi connectivity index (χ3v) is 6.85. The minimum Gasteiger partial charge on any atom is -0.317 e. The van der Waals surface area contributed by atoms with Gasteiger partial charge in [-0.25, -0.2) is 12.4 Å². The summed E-state index contributed by atoms with van der Waals surface area (Å²) >= 11 is 0. The molecule has 1 N–H and O–H groups in total.